The molecule has 0 heterocycles. The summed E-state index contributed by atoms with van der Waals surface area (Å²) in [6, 6.07) is 7.72. The van der Waals surface area contributed by atoms with Crippen molar-refractivity contribution in [1.29, 1.82) is 0 Å². The Kier molecular flexibility index (Phi) is 5.86. The van der Waals surface area contributed by atoms with Crippen molar-refractivity contribution in [2.24, 2.45) is 5.92 Å². The van der Waals surface area contributed by atoms with Crippen LogP contribution in [0, 0.1) is 5.92 Å². The first-order chi connectivity index (χ1) is 9.63. The Morgan fingerprint density at radius 2 is 2.00 bits per heavy atom. The Balaban J connectivity index is 1.66. The summed E-state index contributed by atoms with van der Waals surface area (Å²) in [4.78, 5) is 11.7. The lowest BCUT2D eigenvalue weighted by Gasteiger charge is -2.25. The minimum atomic E-state index is -0.193. The first kappa shape index (κ1) is 15.3. The average molecular weight is 341 g/mol. The normalized spacial score (nSPS) is 22.3. The predicted octanol–water partition coefficient (Wildman–Crippen LogP) is 2.80. The van der Waals surface area contributed by atoms with Crippen LogP contribution in [-0.4, -0.2) is 23.8 Å². The van der Waals surface area contributed by atoms with E-state index in [4.69, 9.17) is 0 Å². The van der Waals surface area contributed by atoms with Gasteiger partial charge in [-0.25, -0.2) is 4.79 Å². The molecule has 1 saturated carbocycles. The van der Waals surface area contributed by atoms with Gasteiger partial charge < -0.3 is 15.7 Å². The zero-order valence-corrected chi connectivity index (χ0v) is 13.0. The molecule has 0 aromatic heterocycles. The van der Waals surface area contributed by atoms with E-state index in [2.05, 4.69) is 26.6 Å². The molecule has 110 valence electrons. The molecule has 1 aliphatic rings. The lowest BCUT2D eigenvalue weighted by molar-refractivity contribution is 0.101. The number of hydrogen-bond acceptors (Lipinski definition) is 2. The molecule has 1 aromatic carbocycles. The first-order valence-corrected chi connectivity index (χ1v) is 7.87. The van der Waals surface area contributed by atoms with Crippen LogP contribution < -0.4 is 10.6 Å². The molecule has 2 amide bonds. The van der Waals surface area contributed by atoms with Gasteiger partial charge in [0, 0.05) is 17.6 Å². The van der Waals surface area contributed by atoms with E-state index in [0.29, 0.717) is 19.0 Å². The third kappa shape index (κ3) is 5.13. The molecule has 4 nitrogen and oxygen atoms in total. The van der Waals surface area contributed by atoms with Gasteiger partial charge in [0.15, 0.2) is 0 Å². The summed E-state index contributed by atoms with van der Waals surface area (Å²) in [6.45, 7) is 1.16. The van der Waals surface area contributed by atoms with E-state index in [1.165, 1.54) is 0 Å². The molecular formula is C15H21BrN2O2. The van der Waals surface area contributed by atoms with Crippen molar-refractivity contribution >= 4 is 22.0 Å². The van der Waals surface area contributed by atoms with Crippen molar-refractivity contribution in [2.45, 2.75) is 38.3 Å². The van der Waals surface area contributed by atoms with Crippen molar-refractivity contribution in [2.75, 3.05) is 6.54 Å². The summed E-state index contributed by atoms with van der Waals surface area (Å²) in [6.07, 6.45) is 3.64. The van der Waals surface area contributed by atoms with Crippen LogP contribution in [0.1, 0.15) is 31.2 Å². The monoisotopic (exact) mass is 340 g/mol. The minimum Gasteiger partial charge on any atom is -0.393 e. The molecule has 5 heteroatoms. The minimum absolute atomic E-state index is 0.145. The van der Waals surface area contributed by atoms with Gasteiger partial charge in [0.2, 0.25) is 0 Å². The number of halogens is 1. The van der Waals surface area contributed by atoms with Crippen molar-refractivity contribution in [1.82, 2.24) is 10.6 Å². The summed E-state index contributed by atoms with van der Waals surface area (Å²) in [5.74, 6) is 0.400. The third-order valence-electron chi connectivity index (χ3n) is 3.67. The van der Waals surface area contributed by atoms with Gasteiger partial charge in [0.1, 0.15) is 0 Å². The maximum absolute atomic E-state index is 11.7. The molecule has 0 spiro atoms. The van der Waals surface area contributed by atoms with E-state index >= 15 is 0 Å². The Bertz CT molecular complexity index is 436. The Labute approximate surface area is 128 Å². The first-order valence-electron chi connectivity index (χ1n) is 7.07. The average Bonchev–Trinajstić information content (AvgIpc) is 2.45. The van der Waals surface area contributed by atoms with Crippen LogP contribution in [0.4, 0.5) is 4.79 Å². The fourth-order valence-electron chi connectivity index (χ4n) is 2.53. The van der Waals surface area contributed by atoms with Crippen LogP contribution in [-0.2, 0) is 6.54 Å². The van der Waals surface area contributed by atoms with Crippen LogP contribution in [0.2, 0.25) is 0 Å². The highest BCUT2D eigenvalue weighted by Gasteiger charge is 2.20. The highest BCUT2D eigenvalue weighted by molar-refractivity contribution is 9.10. The van der Waals surface area contributed by atoms with Gasteiger partial charge in [-0.2, -0.15) is 0 Å². The van der Waals surface area contributed by atoms with E-state index in [1.807, 2.05) is 24.3 Å². The highest BCUT2D eigenvalue weighted by atomic mass is 79.9. The van der Waals surface area contributed by atoms with Gasteiger partial charge in [0.05, 0.1) is 6.10 Å². The molecule has 2 unspecified atom stereocenters. The van der Waals surface area contributed by atoms with E-state index in [-0.39, 0.29) is 12.1 Å². The molecule has 0 saturated heterocycles. The zero-order valence-electron chi connectivity index (χ0n) is 11.4. The number of rotatable bonds is 4. The highest BCUT2D eigenvalue weighted by Crippen LogP contribution is 2.23. The fourth-order valence-corrected chi connectivity index (χ4v) is 2.80. The predicted molar refractivity (Wildman–Crippen MR) is 82.3 cm³/mol. The van der Waals surface area contributed by atoms with E-state index in [1.54, 1.807) is 0 Å². The number of carbonyl (C=O) groups is 1. The standard InChI is InChI=1S/C15H21BrN2O2/c16-13-6-4-11(5-7-13)9-17-15(20)18-10-12-2-1-3-14(19)8-12/h4-7,12,14,19H,1-3,8-10H2,(H2,17,18,20). The Hall–Kier alpha value is -1.07. The number of hydrogen-bond donors (Lipinski definition) is 3. The van der Waals surface area contributed by atoms with E-state index in [0.717, 1.165) is 35.7 Å². The maximum atomic E-state index is 11.7. The van der Waals surface area contributed by atoms with E-state index in [9.17, 15) is 9.90 Å². The number of nitrogens with one attached hydrogen (secondary N) is 2. The SMILES string of the molecule is O=C(NCc1ccc(Br)cc1)NCC1CCCC(O)C1. The summed E-state index contributed by atoms with van der Waals surface area (Å²) < 4.78 is 1.03. The second-order valence-electron chi connectivity index (χ2n) is 5.38. The Morgan fingerprint density at radius 1 is 1.25 bits per heavy atom. The quantitative estimate of drug-likeness (QED) is 0.789. The number of carbonyl (C=O) groups excluding carboxylic acids is 1. The van der Waals surface area contributed by atoms with Crippen LogP contribution >= 0.6 is 15.9 Å². The molecule has 1 fully saturated rings. The van der Waals surface area contributed by atoms with Gasteiger partial charge in [-0.1, -0.05) is 34.5 Å². The molecule has 3 N–H and O–H groups in total. The molecule has 0 aliphatic heterocycles. The van der Waals surface area contributed by atoms with Crippen molar-refractivity contribution in [3.05, 3.63) is 34.3 Å². The molecular weight excluding hydrogens is 320 g/mol. The molecule has 1 aliphatic carbocycles. The second-order valence-corrected chi connectivity index (χ2v) is 6.29. The van der Waals surface area contributed by atoms with Gasteiger partial charge in [-0.3, -0.25) is 0 Å². The number of aliphatic hydroxyl groups excluding tert-OH is 1. The number of aliphatic hydroxyl groups is 1. The maximum Gasteiger partial charge on any atom is 0.315 e. The van der Waals surface area contributed by atoms with Crippen LogP contribution in [0.3, 0.4) is 0 Å². The zero-order chi connectivity index (χ0) is 14.4. The van der Waals surface area contributed by atoms with Crippen molar-refractivity contribution in [3.8, 4) is 0 Å². The fraction of sp³-hybridized carbons (Fsp3) is 0.533. The van der Waals surface area contributed by atoms with Crippen molar-refractivity contribution in [3.63, 3.8) is 0 Å². The third-order valence-corrected chi connectivity index (χ3v) is 4.20. The molecule has 2 rings (SSSR count). The van der Waals surface area contributed by atoms with Gasteiger partial charge in [0.25, 0.3) is 0 Å². The van der Waals surface area contributed by atoms with Gasteiger partial charge in [-0.15, -0.1) is 0 Å². The lowest BCUT2D eigenvalue weighted by atomic mass is 9.87. The number of amides is 2. The van der Waals surface area contributed by atoms with Gasteiger partial charge >= 0.3 is 6.03 Å². The van der Waals surface area contributed by atoms with Gasteiger partial charge in [-0.05, 0) is 42.9 Å². The second kappa shape index (κ2) is 7.64. The summed E-state index contributed by atoms with van der Waals surface area (Å²) in [7, 11) is 0. The lowest BCUT2D eigenvalue weighted by Crippen LogP contribution is -2.39. The number of benzene rings is 1. The molecule has 0 bridgehead atoms. The van der Waals surface area contributed by atoms with Crippen molar-refractivity contribution < 1.29 is 9.90 Å². The number of urea groups is 1. The largest absolute Gasteiger partial charge is 0.393 e. The Morgan fingerprint density at radius 3 is 2.70 bits per heavy atom. The van der Waals surface area contributed by atoms with Crippen LogP contribution in [0.25, 0.3) is 0 Å². The smallest absolute Gasteiger partial charge is 0.315 e. The molecule has 2 atom stereocenters. The summed E-state index contributed by atoms with van der Waals surface area (Å²) in [5, 5.41) is 15.3. The molecule has 1 aromatic rings. The summed E-state index contributed by atoms with van der Waals surface area (Å²) >= 11 is 3.38. The summed E-state index contributed by atoms with van der Waals surface area (Å²) in [5.41, 5.74) is 1.07. The van der Waals surface area contributed by atoms with E-state index < -0.39 is 0 Å². The van der Waals surface area contributed by atoms with Crippen LogP contribution in [0.15, 0.2) is 28.7 Å². The van der Waals surface area contributed by atoms with Crippen LogP contribution in [0.5, 0.6) is 0 Å². The molecule has 20 heavy (non-hydrogen) atoms. The molecule has 0 radical (unpaired) electrons. The topological polar surface area (TPSA) is 61.4 Å².